The Balaban J connectivity index is 1.94. The molecule has 0 radical (unpaired) electrons. The summed E-state index contributed by atoms with van der Waals surface area (Å²) in [6, 6.07) is 4.77. The number of rotatable bonds is 6. The molecule has 1 aromatic carbocycles. The molecule has 5 nitrogen and oxygen atoms in total. The van der Waals surface area contributed by atoms with Gasteiger partial charge in [0, 0.05) is 18.9 Å². The summed E-state index contributed by atoms with van der Waals surface area (Å²) in [5, 5.41) is 12.3. The molecular weight excluding hydrogens is 285 g/mol. The van der Waals surface area contributed by atoms with Gasteiger partial charge in [-0.15, -0.1) is 0 Å². The van der Waals surface area contributed by atoms with Crippen LogP contribution in [0.25, 0.3) is 5.69 Å². The van der Waals surface area contributed by atoms with Gasteiger partial charge < -0.3 is 15.0 Å². The Morgan fingerprint density at radius 1 is 1.45 bits per heavy atom. The van der Waals surface area contributed by atoms with Gasteiger partial charge in [0.25, 0.3) is 0 Å². The minimum atomic E-state index is -0.666. The summed E-state index contributed by atoms with van der Waals surface area (Å²) in [6.07, 6.45) is 4.14. The SMILES string of the molecule is CC(C)C(O)CC(=O)NCc1ccc(-n2ccnc2)c(F)c1. The van der Waals surface area contributed by atoms with Gasteiger partial charge in [0.1, 0.15) is 5.82 Å². The topological polar surface area (TPSA) is 67.2 Å². The second-order valence-electron chi connectivity index (χ2n) is 5.55. The van der Waals surface area contributed by atoms with Crippen LogP contribution >= 0.6 is 0 Å². The molecule has 0 aliphatic heterocycles. The number of carbonyl (C=O) groups excluding carboxylic acids is 1. The van der Waals surface area contributed by atoms with E-state index in [9.17, 15) is 14.3 Å². The van der Waals surface area contributed by atoms with Crippen LogP contribution in [0.5, 0.6) is 0 Å². The molecule has 2 aromatic rings. The molecule has 1 unspecified atom stereocenters. The van der Waals surface area contributed by atoms with E-state index < -0.39 is 6.10 Å². The third-order valence-corrected chi connectivity index (χ3v) is 3.45. The third kappa shape index (κ3) is 4.14. The molecule has 0 aliphatic carbocycles. The standard InChI is InChI=1S/C16H20FN3O2/c1-11(2)15(21)8-16(22)19-9-12-3-4-14(13(17)7-12)20-6-5-18-10-20/h3-7,10-11,15,21H,8-9H2,1-2H3,(H,19,22). The average molecular weight is 305 g/mol. The lowest BCUT2D eigenvalue weighted by Gasteiger charge is -2.14. The van der Waals surface area contributed by atoms with Gasteiger partial charge in [-0.25, -0.2) is 9.37 Å². The van der Waals surface area contributed by atoms with Crippen molar-refractivity contribution in [2.24, 2.45) is 5.92 Å². The molecule has 0 aliphatic rings. The number of amides is 1. The fourth-order valence-corrected chi connectivity index (χ4v) is 1.97. The van der Waals surface area contributed by atoms with Crippen molar-refractivity contribution in [1.82, 2.24) is 14.9 Å². The molecular formula is C16H20FN3O2. The van der Waals surface area contributed by atoms with E-state index in [4.69, 9.17) is 0 Å². The fraction of sp³-hybridized carbons (Fsp3) is 0.375. The van der Waals surface area contributed by atoms with E-state index in [1.165, 1.54) is 12.4 Å². The lowest BCUT2D eigenvalue weighted by atomic mass is 10.0. The molecule has 2 rings (SSSR count). The summed E-state index contributed by atoms with van der Waals surface area (Å²) in [5.74, 6) is -0.607. The zero-order chi connectivity index (χ0) is 16.1. The van der Waals surface area contributed by atoms with Crippen LogP contribution in [0.1, 0.15) is 25.8 Å². The smallest absolute Gasteiger partial charge is 0.222 e. The molecule has 0 saturated heterocycles. The van der Waals surface area contributed by atoms with Crippen LogP contribution in [-0.4, -0.2) is 26.7 Å². The van der Waals surface area contributed by atoms with Gasteiger partial charge in [0.15, 0.2) is 0 Å². The van der Waals surface area contributed by atoms with Gasteiger partial charge in [-0.2, -0.15) is 0 Å². The molecule has 1 aromatic heterocycles. The van der Waals surface area contributed by atoms with Gasteiger partial charge in [0.05, 0.1) is 24.5 Å². The minimum Gasteiger partial charge on any atom is -0.392 e. The van der Waals surface area contributed by atoms with E-state index in [1.807, 2.05) is 13.8 Å². The highest BCUT2D eigenvalue weighted by Gasteiger charge is 2.14. The van der Waals surface area contributed by atoms with E-state index in [2.05, 4.69) is 10.3 Å². The lowest BCUT2D eigenvalue weighted by molar-refractivity contribution is -0.123. The average Bonchev–Trinajstić information content (AvgIpc) is 2.99. The molecule has 0 saturated carbocycles. The third-order valence-electron chi connectivity index (χ3n) is 3.45. The fourth-order valence-electron chi connectivity index (χ4n) is 1.97. The number of imidazole rings is 1. The Morgan fingerprint density at radius 3 is 2.82 bits per heavy atom. The van der Waals surface area contributed by atoms with Crippen molar-refractivity contribution in [3.05, 3.63) is 48.3 Å². The minimum absolute atomic E-state index is 0.0256. The summed E-state index contributed by atoms with van der Waals surface area (Å²) in [7, 11) is 0. The van der Waals surface area contributed by atoms with Crippen molar-refractivity contribution in [1.29, 1.82) is 0 Å². The molecule has 2 N–H and O–H groups in total. The summed E-state index contributed by atoms with van der Waals surface area (Å²) in [5.41, 5.74) is 1.07. The van der Waals surface area contributed by atoms with Gasteiger partial charge in [0.2, 0.25) is 5.91 Å². The van der Waals surface area contributed by atoms with Crippen molar-refractivity contribution in [2.45, 2.75) is 32.9 Å². The van der Waals surface area contributed by atoms with E-state index in [-0.39, 0.29) is 30.6 Å². The number of hydrogen-bond acceptors (Lipinski definition) is 3. The van der Waals surface area contributed by atoms with E-state index in [1.54, 1.807) is 29.1 Å². The Hall–Kier alpha value is -2.21. The number of aliphatic hydroxyl groups excluding tert-OH is 1. The predicted molar refractivity (Wildman–Crippen MR) is 80.8 cm³/mol. The van der Waals surface area contributed by atoms with Crippen molar-refractivity contribution < 1.29 is 14.3 Å². The highest BCUT2D eigenvalue weighted by Crippen LogP contribution is 2.15. The lowest BCUT2D eigenvalue weighted by Crippen LogP contribution is -2.29. The number of benzene rings is 1. The molecule has 22 heavy (non-hydrogen) atoms. The zero-order valence-corrected chi connectivity index (χ0v) is 12.7. The maximum atomic E-state index is 14.1. The van der Waals surface area contributed by atoms with Gasteiger partial charge in [-0.05, 0) is 23.6 Å². The second-order valence-corrected chi connectivity index (χ2v) is 5.55. The Kier molecular flexibility index (Phi) is 5.27. The van der Waals surface area contributed by atoms with Crippen LogP contribution in [0.2, 0.25) is 0 Å². The maximum Gasteiger partial charge on any atom is 0.222 e. The Labute approximate surface area is 128 Å². The first-order valence-corrected chi connectivity index (χ1v) is 7.19. The molecule has 6 heteroatoms. The van der Waals surface area contributed by atoms with Crippen molar-refractivity contribution >= 4 is 5.91 Å². The number of aliphatic hydroxyl groups is 1. The number of carbonyl (C=O) groups is 1. The first-order valence-electron chi connectivity index (χ1n) is 7.19. The summed E-state index contributed by atoms with van der Waals surface area (Å²) in [6.45, 7) is 3.93. The molecule has 0 bridgehead atoms. The number of nitrogens with zero attached hydrogens (tertiary/aromatic N) is 2. The maximum absolute atomic E-state index is 14.1. The predicted octanol–water partition coefficient (Wildman–Crippen LogP) is 2.03. The van der Waals surface area contributed by atoms with Crippen LogP contribution in [0.3, 0.4) is 0 Å². The first-order chi connectivity index (χ1) is 10.5. The number of halogens is 1. The van der Waals surface area contributed by atoms with Crippen LogP contribution in [0, 0.1) is 11.7 Å². The van der Waals surface area contributed by atoms with Crippen LogP contribution in [0.15, 0.2) is 36.9 Å². The van der Waals surface area contributed by atoms with Gasteiger partial charge in [-0.3, -0.25) is 4.79 Å². The largest absolute Gasteiger partial charge is 0.392 e. The van der Waals surface area contributed by atoms with E-state index >= 15 is 0 Å². The summed E-state index contributed by atoms with van der Waals surface area (Å²) >= 11 is 0. The number of aromatic nitrogens is 2. The summed E-state index contributed by atoms with van der Waals surface area (Å²) in [4.78, 5) is 15.6. The number of nitrogens with one attached hydrogen (secondary N) is 1. The molecule has 118 valence electrons. The van der Waals surface area contributed by atoms with Gasteiger partial charge >= 0.3 is 0 Å². The van der Waals surface area contributed by atoms with Crippen molar-refractivity contribution in [3.63, 3.8) is 0 Å². The van der Waals surface area contributed by atoms with Crippen LogP contribution < -0.4 is 5.32 Å². The Bertz CT molecular complexity index is 626. The molecule has 1 atom stereocenters. The normalized spacial score (nSPS) is 12.4. The molecule has 0 fully saturated rings. The Morgan fingerprint density at radius 2 is 2.23 bits per heavy atom. The van der Waals surface area contributed by atoms with Crippen molar-refractivity contribution in [2.75, 3.05) is 0 Å². The zero-order valence-electron chi connectivity index (χ0n) is 12.7. The van der Waals surface area contributed by atoms with Crippen LogP contribution in [-0.2, 0) is 11.3 Å². The molecule has 1 amide bonds. The number of hydrogen-bond donors (Lipinski definition) is 2. The quantitative estimate of drug-likeness (QED) is 0.858. The second kappa shape index (κ2) is 7.17. The van der Waals surface area contributed by atoms with Crippen LogP contribution in [0.4, 0.5) is 4.39 Å². The first kappa shape index (κ1) is 16.2. The van der Waals surface area contributed by atoms with Gasteiger partial charge in [-0.1, -0.05) is 19.9 Å². The monoisotopic (exact) mass is 305 g/mol. The molecule has 1 heterocycles. The highest BCUT2D eigenvalue weighted by atomic mass is 19.1. The van der Waals surface area contributed by atoms with E-state index in [0.717, 1.165) is 0 Å². The molecule has 0 spiro atoms. The highest BCUT2D eigenvalue weighted by molar-refractivity contribution is 5.76. The van der Waals surface area contributed by atoms with Crippen molar-refractivity contribution in [3.8, 4) is 5.69 Å². The summed E-state index contributed by atoms with van der Waals surface area (Å²) < 4.78 is 15.6. The van der Waals surface area contributed by atoms with E-state index in [0.29, 0.717) is 11.3 Å².